The Bertz CT molecular complexity index is 824. The van der Waals surface area contributed by atoms with Crippen LogP contribution in [-0.2, 0) is 9.53 Å². The molecule has 26 heavy (non-hydrogen) atoms. The number of nitrogens with zero attached hydrogens (tertiary/aromatic N) is 4. The number of nitrogens with one attached hydrogen (secondary N) is 1. The maximum absolute atomic E-state index is 12.9. The molecular formula is C18H23N5O3. The van der Waals surface area contributed by atoms with E-state index in [4.69, 9.17) is 4.74 Å². The molecule has 2 aromatic rings. The van der Waals surface area contributed by atoms with Crippen molar-refractivity contribution in [2.45, 2.75) is 43.7 Å². The zero-order valence-corrected chi connectivity index (χ0v) is 14.9. The first kappa shape index (κ1) is 17.0. The molecule has 2 amide bonds. The first-order valence-corrected chi connectivity index (χ1v) is 9.06. The van der Waals surface area contributed by atoms with Crippen LogP contribution in [0.15, 0.2) is 24.8 Å². The summed E-state index contributed by atoms with van der Waals surface area (Å²) < 4.78 is 7.15. The van der Waals surface area contributed by atoms with Gasteiger partial charge >= 0.3 is 0 Å². The summed E-state index contributed by atoms with van der Waals surface area (Å²) in [6.07, 6.45) is 10.9. The molecule has 1 N–H and O–H groups in total. The van der Waals surface area contributed by atoms with Crippen LogP contribution in [-0.4, -0.2) is 63.2 Å². The van der Waals surface area contributed by atoms with Crippen molar-refractivity contribution in [1.29, 1.82) is 0 Å². The SMILES string of the molecule is COC1(C(=O)N2CCCC2CNC(=O)c2cnn3ccncc23)CCC1. The third kappa shape index (κ3) is 2.74. The lowest BCUT2D eigenvalue weighted by Gasteiger charge is -2.42. The summed E-state index contributed by atoms with van der Waals surface area (Å²) in [4.78, 5) is 31.4. The van der Waals surface area contributed by atoms with Gasteiger partial charge in [-0.1, -0.05) is 0 Å². The molecule has 4 rings (SSSR count). The fraction of sp³-hybridized carbons (Fsp3) is 0.556. The molecule has 8 nitrogen and oxygen atoms in total. The highest BCUT2D eigenvalue weighted by Crippen LogP contribution is 2.38. The lowest BCUT2D eigenvalue weighted by Crippen LogP contribution is -2.57. The molecule has 1 aliphatic carbocycles. The summed E-state index contributed by atoms with van der Waals surface area (Å²) in [7, 11) is 1.61. The number of ether oxygens (including phenoxy) is 1. The molecule has 8 heteroatoms. The maximum atomic E-state index is 12.9. The van der Waals surface area contributed by atoms with Crippen molar-refractivity contribution < 1.29 is 14.3 Å². The normalized spacial score (nSPS) is 21.6. The fourth-order valence-corrected chi connectivity index (χ4v) is 3.90. The Labute approximate surface area is 151 Å². The first-order chi connectivity index (χ1) is 12.6. The summed E-state index contributed by atoms with van der Waals surface area (Å²) >= 11 is 0. The number of likely N-dealkylation sites (tertiary alicyclic amines) is 1. The van der Waals surface area contributed by atoms with Gasteiger partial charge in [-0.05, 0) is 32.1 Å². The number of rotatable bonds is 5. The molecule has 1 atom stereocenters. The minimum Gasteiger partial charge on any atom is -0.368 e. The van der Waals surface area contributed by atoms with Crippen molar-refractivity contribution in [2.75, 3.05) is 20.2 Å². The predicted octanol–water partition coefficient (Wildman–Crippen LogP) is 1.02. The molecule has 1 aliphatic heterocycles. The first-order valence-electron chi connectivity index (χ1n) is 9.06. The van der Waals surface area contributed by atoms with Crippen LogP contribution in [0.3, 0.4) is 0 Å². The van der Waals surface area contributed by atoms with Crippen molar-refractivity contribution in [1.82, 2.24) is 24.8 Å². The van der Waals surface area contributed by atoms with Gasteiger partial charge < -0.3 is 15.0 Å². The molecule has 0 radical (unpaired) electrons. The van der Waals surface area contributed by atoms with Crippen LogP contribution < -0.4 is 5.32 Å². The molecule has 0 spiro atoms. The van der Waals surface area contributed by atoms with Crippen molar-refractivity contribution in [3.05, 3.63) is 30.4 Å². The fourth-order valence-electron chi connectivity index (χ4n) is 3.90. The third-order valence-electron chi connectivity index (χ3n) is 5.65. The highest BCUT2D eigenvalue weighted by Gasteiger charge is 2.48. The van der Waals surface area contributed by atoms with Gasteiger partial charge in [-0.3, -0.25) is 14.6 Å². The zero-order valence-electron chi connectivity index (χ0n) is 14.9. The highest BCUT2D eigenvalue weighted by atomic mass is 16.5. The second kappa shape index (κ2) is 6.68. The topological polar surface area (TPSA) is 88.8 Å². The molecule has 2 aliphatic rings. The predicted molar refractivity (Wildman–Crippen MR) is 93.6 cm³/mol. The van der Waals surface area contributed by atoms with E-state index in [1.807, 2.05) is 4.90 Å². The second-order valence-corrected chi connectivity index (χ2v) is 7.02. The van der Waals surface area contributed by atoms with Crippen LogP contribution in [0.1, 0.15) is 42.5 Å². The summed E-state index contributed by atoms with van der Waals surface area (Å²) in [5.74, 6) is -0.124. The van der Waals surface area contributed by atoms with Crippen molar-refractivity contribution in [3.63, 3.8) is 0 Å². The van der Waals surface area contributed by atoms with E-state index in [0.717, 1.165) is 38.6 Å². The molecule has 2 aromatic heterocycles. The summed E-state index contributed by atoms with van der Waals surface area (Å²) in [5.41, 5.74) is 0.513. The number of aromatic nitrogens is 3. The number of hydrogen-bond donors (Lipinski definition) is 1. The molecule has 0 bridgehead atoms. The van der Waals surface area contributed by atoms with E-state index in [2.05, 4.69) is 15.4 Å². The molecular weight excluding hydrogens is 334 g/mol. The van der Waals surface area contributed by atoms with E-state index < -0.39 is 5.60 Å². The Morgan fingerprint density at radius 1 is 1.35 bits per heavy atom. The van der Waals surface area contributed by atoms with Crippen LogP contribution in [0.5, 0.6) is 0 Å². The Balaban J connectivity index is 1.42. The minimum absolute atomic E-state index is 0.0130. The number of amides is 2. The van der Waals surface area contributed by atoms with E-state index in [0.29, 0.717) is 17.6 Å². The molecule has 2 fully saturated rings. The third-order valence-corrected chi connectivity index (χ3v) is 5.65. The van der Waals surface area contributed by atoms with Crippen LogP contribution in [0, 0.1) is 0 Å². The van der Waals surface area contributed by atoms with Crippen LogP contribution in [0.25, 0.3) is 5.52 Å². The molecule has 1 saturated carbocycles. The Hall–Kier alpha value is -2.48. The largest absolute Gasteiger partial charge is 0.368 e. The lowest BCUT2D eigenvalue weighted by molar-refractivity contribution is -0.166. The van der Waals surface area contributed by atoms with E-state index in [9.17, 15) is 9.59 Å². The van der Waals surface area contributed by atoms with Gasteiger partial charge in [-0.2, -0.15) is 5.10 Å². The van der Waals surface area contributed by atoms with E-state index in [1.54, 1.807) is 30.2 Å². The maximum Gasteiger partial charge on any atom is 0.255 e. The number of carbonyl (C=O) groups is 2. The standard InChI is InChI=1S/C18H23N5O3/c1-26-18(5-3-6-18)17(25)22-8-2-4-13(22)10-20-16(24)14-11-21-23-9-7-19-12-15(14)23/h7,9,11-13H,2-6,8,10H2,1H3,(H,20,24). The quantitative estimate of drug-likeness (QED) is 0.863. The van der Waals surface area contributed by atoms with Crippen molar-refractivity contribution >= 4 is 17.3 Å². The van der Waals surface area contributed by atoms with Crippen molar-refractivity contribution in [3.8, 4) is 0 Å². The van der Waals surface area contributed by atoms with Crippen LogP contribution >= 0.6 is 0 Å². The van der Waals surface area contributed by atoms with Gasteiger partial charge in [0.2, 0.25) is 0 Å². The number of fused-ring (bicyclic) bond motifs is 1. The average Bonchev–Trinajstić information content (AvgIpc) is 3.26. The van der Waals surface area contributed by atoms with Crippen LogP contribution in [0.2, 0.25) is 0 Å². The number of methoxy groups -OCH3 is 1. The highest BCUT2D eigenvalue weighted by molar-refractivity contribution is 6.00. The lowest BCUT2D eigenvalue weighted by atomic mass is 9.78. The molecule has 1 unspecified atom stereocenters. The van der Waals surface area contributed by atoms with Gasteiger partial charge in [0.15, 0.2) is 0 Å². The Kier molecular flexibility index (Phi) is 4.36. The summed E-state index contributed by atoms with van der Waals surface area (Å²) in [6, 6.07) is 0.0130. The Morgan fingerprint density at radius 3 is 2.92 bits per heavy atom. The van der Waals surface area contributed by atoms with Gasteiger partial charge in [0.05, 0.1) is 23.5 Å². The number of hydrogen-bond acceptors (Lipinski definition) is 5. The zero-order chi connectivity index (χ0) is 18.1. The molecule has 138 valence electrons. The summed E-state index contributed by atoms with van der Waals surface area (Å²) in [6.45, 7) is 1.16. The monoisotopic (exact) mass is 357 g/mol. The summed E-state index contributed by atoms with van der Waals surface area (Å²) in [5, 5.41) is 7.11. The van der Waals surface area contributed by atoms with Gasteiger partial charge in [0, 0.05) is 38.6 Å². The van der Waals surface area contributed by atoms with Gasteiger partial charge in [0.1, 0.15) is 5.60 Å². The number of carbonyl (C=O) groups excluding carboxylic acids is 2. The Morgan fingerprint density at radius 2 is 2.19 bits per heavy atom. The molecule has 1 saturated heterocycles. The van der Waals surface area contributed by atoms with E-state index >= 15 is 0 Å². The smallest absolute Gasteiger partial charge is 0.255 e. The molecule has 3 heterocycles. The van der Waals surface area contributed by atoms with Crippen LogP contribution in [0.4, 0.5) is 0 Å². The van der Waals surface area contributed by atoms with Crippen molar-refractivity contribution in [2.24, 2.45) is 0 Å². The second-order valence-electron chi connectivity index (χ2n) is 7.02. The van der Waals surface area contributed by atoms with Gasteiger partial charge in [-0.15, -0.1) is 0 Å². The van der Waals surface area contributed by atoms with E-state index in [-0.39, 0.29) is 17.9 Å². The van der Waals surface area contributed by atoms with Gasteiger partial charge in [0.25, 0.3) is 11.8 Å². The van der Waals surface area contributed by atoms with Gasteiger partial charge in [-0.25, -0.2) is 4.52 Å². The van der Waals surface area contributed by atoms with E-state index in [1.165, 1.54) is 6.20 Å². The average molecular weight is 357 g/mol. The molecule has 0 aromatic carbocycles. The minimum atomic E-state index is -0.638.